The van der Waals surface area contributed by atoms with E-state index in [-0.39, 0.29) is 5.92 Å². The Kier molecular flexibility index (Phi) is 4.42. The lowest BCUT2D eigenvalue weighted by molar-refractivity contribution is 0.0888. The minimum atomic E-state index is 0.231. The fourth-order valence-electron chi connectivity index (χ4n) is 2.42. The quantitative estimate of drug-likeness (QED) is 0.656. The fraction of sp³-hybridized carbons (Fsp3) is 0.500. The highest BCUT2D eigenvalue weighted by atomic mass is 79.9. The van der Waals surface area contributed by atoms with E-state index < -0.39 is 0 Å². The molecule has 0 aliphatic heterocycles. The maximum atomic E-state index is 12.4. The number of ketones is 1. The minimum Gasteiger partial charge on any atom is -0.294 e. The second kappa shape index (κ2) is 5.66. The van der Waals surface area contributed by atoms with Gasteiger partial charge < -0.3 is 0 Å². The molecule has 0 saturated heterocycles. The van der Waals surface area contributed by atoms with Gasteiger partial charge in [0.05, 0.1) is 0 Å². The van der Waals surface area contributed by atoms with Crippen LogP contribution in [0.3, 0.4) is 0 Å². The molecule has 0 amide bonds. The Morgan fingerprint density at radius 1 is 1.12 bits per heavy atom. The van der Waals surface area contributed by atoms with Gasteiger partial charge in [-0.15, -0.1) is 0 Å². The van der Waals surface area contributed by atoms with E-state index >= 15 is 0 Å². The van der Waals surface area contributed by atoms with Crippen LogP contribution < -0.4 is 0 Å². The number of carbonyl (C=O) groups excluding carboxylic acids is 1. The van der Waals surface area contributed by atoms with Crippen molar-refractivity contribution in [2.45, 2.75) is 39.0 Å². The third kappa shape index (κ3) is 3.00. The maximum absolute atomic E-state index is 12.4. The highest BCUT2D eigenvalue weighted by Crippen LogP contribution is 2.32. The Balaban J connectivity index is 2.26. The average Bonchev–Trinajstić information content (AvgIpc) is 2.34. The molecule has 0 spiro atoms. The second-order valence-electron chi connectivity index (χ2n) is 4.78. The predicted molar refractivity (Wildman–Crippen MR) is 77.5 cm³/mol. The van der Waals surface area contributed by atoms with Gasteiger partial charge >= 0.3 is 0 Å². The molecule has 17 heavy (non-hydrogen) atoms. The Morgan fingerprint density at radius 3 is 2.41 bits per heavy atom. The minimum absolute atomic E-state index is 0.231. The van der Waals surface area contributed by atoms with Gasteiger partial charge in [0.25, 0.3) is 0 Å². The molecule has 0 aromatic heterocycles. The van der Waals surface area contributed by atoms with E-state index in [1.807, 2.05) is 19.1 Å². The van der Waals surface area contributed by atoms with Crippen molar-refractivity contribution in [1.82, 2.24) is 0 Å². The summed E-state index contributed by atoms with van der Waals surface area (Å²) < 4.78 is 1.94. The zero-order chi connectivity index (χ0) is 12.4. The van der Waals surface area contributed by atoms with Crippen LogP contribution >= 0.6 is 31.9 Å². The summed E-state index contributed by atoms with van der Waals surface area (Å²) >= 11 is 7.01. The van der Waals surface area contributed by atoms with Gasteiger partial charge in [0.2, 0.25) is 0 Å². The molecular formula is C14H16Br2O. The molecule has 1 aromatic carbocycles. The Morgan fingerprint density at radius 2 is 1.76 bits per heavy atom. The van der Waals surface area contributed by atoms with Crippen molar-refractivity contribution in [1.29, 1.82) is 0 Å². The Bertz CT molecular complexity index is 434. The summed E-state index contributed by atoms with van der Waals surface area (Å²) in [4.78, 5) is 12.4. The number of aryl methyl sites for hydroxylation is 1. The molecule has 0 unspecified atom stereocenters. The largest absolute Gasteiger partial charge is 0.294 e. The molecule has 0 atom stereocenters. The lowest BCUT2D eigenvalue weighted by Crippen LogP contribution is -2.18. The van der Waals surface area contributed by atoms with Crippen LogP contribution in [0.4, 0.5) is 0 Å². The Hall–Kier alpha value is -0.150. The van der Waals surface area contributed by atoms with Crippen LogP contribution in [0, 0.1) is 12.8 Å². The van der Waals surface area contributed by atoms with E-state index in [0.717, 1.165) is 32.9 Å². The molecule has 92 valence electrons. The monoisotopic (exact) mass is 358 g/mol. The van der Waals surface area contributed by atoms with Crippen LogP contribution in [0.1, 0.15) is 48.0 Å². The molecule has 1 aliphatic carbocycles. The molecule has 1 fully saturated rings. The van der Waals surface area contributed by atoms with Crippen molar-refractivity contribution < 1.29 is 4.79 Å². The molecule has 1 saturated carbocycles. The summed E-state index contributed by atoms with van der Waals surface area (Å²) in [6.07, 6.45) is 5.78. The Labute approximate surface area is 119 Å². The van der Waals surface area contributed by atoms with E-state index in [0.29, 0.717) is 5.78 Å². The van der Waals surface area contributed by atoms with Gasteiger partial charge in [-0.05, 0) is 37.5 Å². The number of halogens is 2. The molecule has 2 rings (SSSR count). The summed E-state index contributed by atoms with van der Waals surface area (Å²) in [6.45, 7) is 2.03. The van der Waals surface area contributed by atoms with E-state index in [2.05, 4.69) is 31.9 Å². The zero-order valence-corrected chi connectivity index (χ0v) is 13.1. The van der Waals surface area contributed by atoms with Crippen LogP contribution in [-0.4, -0.2) is 5.78 Å². The molecule has 3 heteroatoms. The first kappa shape index (κ1) is 13.3. The lowest BCUT2D eigenvalue weighted by atomic mass is 9.84. The summed E-state index contributed by atoms with van der Waals surface area (Å²) in [5, 5.41) is 0. The van der Waals surface area contributed by atoms with Gasteiger partial charge in [0.1, 0.15) is 0 Å². The van der Waals surface area contributed by atoms with Crippen LogP contribution in [0.5, 0.6) is 0 Å². The van der Waals surface area contributed by atoms with E-state index in [1.165, 1.54) is 19.3 Å². The second-order valence-corrected chi connectivity index (χ2v) is 6.49. The van der Waals surface area contributed by atoms with E-state index in [1.54, 1.807) is 0 Å². The van der Waals surface area contributed by atoms with Gasteiger partial charge in [-0.2, -0.15) is 0 Å². The third-order valence-corrected chi connectivity index (χ3v) is 5.00. The lowest BCUT2D eigenvalue weighted by Gasteiger charge is -2.21. The summed E-state index contributed by atoms with van der Waals surface area (Å²) in [7, 11) is 0. The van der Waals surface area contributed by atoms with Gasteiger partial charge in [0, 0.05) is 20.4 Å². The van der Waals surface area contributed by atoms with Crippen LogP contribution in [0.2, 0.25) is 0 Å². The van der Waals surface area contributed by atoms with Crippen LogP contribution in [0.15, 0.2) is 21.1 Å². The molecule has 0 radical (unpaired) electrons. The highest BCUT2D eigenvalue weighted by molar-refractivity contribution is 9.11. The molecule has 0 heterocycles. The SMILES string of the molecule is Cc1cc(Br)c(C(=O)C2CCCCC2)cc1Br. The smallest absolute Gasteiger partial charge is 0.167 e. The van der Waals surface area contributed by atoms with Gasteiger partial charge in [0.15, 0.2) is 5.78 Å². The van der Waals surface area contributed by atoms with Crippen molar-refractivity contribution in [3.8, 4) is 0 Å². The standard InChI is InChI=1S/C14H16Br2O/c1-9-7-13(16)11(8-12(9)15)14(17)10-5-3-2-4-6-10/h7-8,10H,2-6H2,1H3. The van der Waals surface area contributed by atoms with Crippen LogP contribution in [-0.2, 0) is 0 Å². The maximum Gasteiger partial charge on any atom is 0.167 e. The van der Waals surface area contributed by atoms with Gasteiger partial charge in [-0.1, -0.05) is 51.1 Å². The average molecular weight is 360 g/mol. The summed E-state index contributed by atoms with van der Waals surface area (Å²) in [6, 6.07) is 3.97. The first-order valence-electron chi connectivity index (χ1n) is 6.09. The molecular weight excluding hydrogens is 344 g/mol. The highest BCUT2D eigenvalue weighted by Gasteiger charge is 2.24. The van der Waals surface area contributed by atoms with Crippen molar-refractivity contribution in [3.63, 3.8) is 0 Å². The predicted octanol–water partition coefficient (Wildman–Crippen LogP) is 5.28. The number of Topliss-reactive ketones (excluding diaryl/α,β-unsaturated/α-hetero) is 1. The van der Waals surface area contributed by atoms with E-state index in [4.69, 9.17) is 0 Å². The molecule has 1 aromatic rings. The first-order valence-corrected chi connectivity index (χ1v) is 7.68. The van der Waals surface area contributed by atoms with Gasteiger partial charge in [-0.3, -0.25) is 4.79 Å². The molecule has 0 bridgehead atoms. The van der Waals surface area contributed by atoms with Gasteiger partial charge in [-0.25, -0.2) is 0 Å². The normalized spacial score (nSPS) is 17.1. The number of rotatable bonds is 2. The van der Waals surface area contributed by atoms with E-state index in [9.17, 15) is 4.79 Å². The number of benzene rings is 1. The summed E-state index contributed by atoms with van der Waals surface area (Å²) in [5.41, 5.74) is 1.98. The van der Waals surface area contributed by atoms with Crippen molar-refractivity contribution in [2.75, 3.05) is 0 Å². The fourth-order valence-corrected chi connectivity index (χ4v) is 3.42. The number of carbonyl (C=O) groups is 1. The van der Waals surface area contributed by atoms with Crippen LogP contribution in [0.25, 0.3) is 0 Å². The van der Waals surface area contributed by atoms with Crippen molar-refractivity contribution in [3.05, 3.63) is 32.2 Å². The first-order chi connectivity index (χ1) is 8.09. The summed E-state index contributed by atoms with van der Waals surface area (Å²) in [5.74, 6) is 0.534. The molecule has 1 aliphatic rings. The molecule has 1 nitrogen and oxygen atoms in total. The topological polar surface area (TPSA) is 17.1 Å². The third-order valence-electron chi connectivity index (χ3n) is 3.49. The van der Waals surface area contributed by atoms with Crippen molar-refractivity contribution >= 4 is 37.6 Å². The zero-order valence-electron chi connectivity index (χ0n) is 9.93. The number of hydrogen-bond acceptors (Lipinski definition) is 1. The number of hydrogen-bond donors (Lipinski definition) is 0. The molecule has 0 N–H and O–H groups in total. The van der Waals surface area contributed by atoms with Crippen molar-refractivity contribution in [2.24, 2.45) is 5.92 Å².